The highest BCUT2D eigenvalue weighted by Gasteiger charge is 2.35. The molecule has 1 aliphatic carbocycles. The van der Waals surface area contributed by atoms with Crippen LogP contribution in [-0.2, 0) is 17.6 Å². The Morgan fingerprint density at radius 1 is 1.00 bits per heavy atom. The Morgan fingerprint density at radius 3 is 2.57 bits per heavy atom. The predicted octanol–water partition coefficient (Wildman–Crippen LogP) is 5.55. The highest BCUT2D eigenvalue weighted by atomic mass is 16.5. The van der Waals surface area contributed by atoms with Gasteiger partial charge in [0.25, 0.3) is 0 Å². The van der Waals surface area contributed by atoms with Crippen LogP contribution in [0.5, 0.6) is 11.5 Å². The predicted molar refractivity (Wildman–Crippen MR) is 139 cm³/mol. The second-order valence-electron chi connectivity index (χ2n) is 10.6. The van der Waals surface area contributed by atoms with E-state index in [1.807, 2.05) is 12.1 Å². The Labute approximate surface area is 209 Å². The van der Waals surface area contributed by atoms with E-state index >= 15 is 0 Å². The van der Waals surface area contributed by atoms with Gasteiger partial charge in [0.2, 0.25) is 5.91 Å². The zero-order chi connectivity index (χ0) is 24.0. The number of phenols is 1. The molecule has 3 aliphatic rings. The van der Waals surface area contributed by atoms with Gasteiger partial charge in [-0.15, -0.1) is 0 Å². The molecule has 5 nitrogen and oxygen atoms in total. The number of ether oxygens (including phenoxy) is 1. The van der Waals surface area contributed by atoms with Crippen molar-refractivity contribution in [2.75, 3.05) is 19.7 Å². The number of nitrogens with zero attached hydrogens (tertiary/aromatic N) is 1. The summed E-state index contributed by atoms with van der Waals surface area (Å²) in [6, 6.07) is 14.7. The zero-order valence-corrected chi connectivity index (χ0v) is 20.9. The molecule has 35 heavy (non-hydrogen) atoms. The van der Waals surface area contributed by atoms with Crippen LogP contribution in [-0.4, -0.2) is 41.7 Å². The van der Waals surface area contributed by atoms with Crippen molar-refractivity contribution in [2.24, 2.45) is 5.92 Å². The molecule has 2 aromatic rings. The molecule has 0 radical (unpaired) electrons. The summed E-state index contributed by atoms with van der Waals surface area (Å²) >= 11 is 0. The summed E-state index contributed by atoms with van der Waals surface area (Å²) < 4.78 is 6.03. The minimum absolute atomic E-state index is 0.0120. The quantitative estimate of drug-likeness (QED) is 0.550. The number of amides is 1. The first-order valence-corrected chi connectivity index (χ1v) is 13.7. The van der Waals surface area contributed by atoms with Crippen LogP contribution in [0.25, 0.3) is 0 Å². The SMILES string of the molecule is O=C(C1CCCCC1)N1CCc2cc(O)ccc2C1Cc1ccc(OCCC2CCCCN2)cc1. The van der Waals surface area contributed by atoms with Crippen molar-refractivity contribution < 1.29 is 14.6 Å². The molecule has 1 amide bonds. The number of hydrogen-bond donors (Lipinski definition) is 2. The molecule has 2 N–H and O–H groups in total. The molecule has 188 valence electrons. The summed E-state index contributed by atoms with van der Waals surface area (Å²) in [5.74, 6) is 1.71. The third-order valence-corrected chi connectivity index (χ3v) is 8.22. The average Bonchev–Trinajstić information content (AvgIpc) is 2.90. The van der Waals surface area contributed by atoms with Gasteiger partial charge in [-0.1, -0.05) is 43.9 Å². The van der Waals surface area contributed by atoms with Crippen molar-refractivity contribution in [3.05, 3.63) is 59.2 Å². The van der Waals surface area contributed by atoms with E-state index in [1.54, 1.807) is 6.07 Å². The maximum atomic E-state index is 13.6. The van der Waals surface area contributed by atoms with E-state index in [1.165, 1.54) is 42.4 Å². The van der Waals surface area contributed by atoms with Crippen LogP contribution >= 0.6 is 0 Å². The van der Waals surface area contributed by atoms with E-state index < -0.39 is 0 Å². The van der Waals surface area contributed by atoms with Crippen LogP contribution in [0, 0.1) is 5.92 Å². The topological polar surface area (TPSA) is 61.8 Å². The number of phenolic OH excluding ortho intramolecular Hbond substituents is 1. The van der Waals surface area contributed by atoms with Crippen molar-refractivity contribution in [3.8, 4) is 11.5 Å². The largest absolute Gasteiger partial charge is 0.508 e. The first-order chi connectivity index (χ1) is 17.2. The molecular formula is C30H40N2O3. The molecule has 2 fully saturated rings. The number of fused-ring (bicyclic) bond motifs is 1. The summed E-state index contributed by atoms with van der Waals surface area (Å²) in [4.78, 5) is 15.7. The second kappa shape index (κ2) is 11.5. The Bertz CT molecular complexity index is 978. The maximum absolute atomic E-state index is 13.6. The lowest BCUT2D eigenvalue weighted by atomic mass is 9.84. The first kappa shape index (κ1) is 24.2. The van der Waals surface area contributed by atoms with Gasteiger partial charge in [-0.25, -0.2) is 0 Å². The smallest absolute Gasteiger partial charge is 0.226 e. The van der Waals surface area contributed by atoms with E-state index in [9.17, 15) is 9.90 Å². The van der Waals surface area contributed by atoms with Crippen molar-refractivity contribution in [1.29, 1.82) is 0 Å². The number of carbonyl (C=O) groups excluding carboxylic acids is 1. The Balaban J connectivity index is 1.27. The van der Waals surface area contributed by atoms with Gasteiger partial charge in [-0.05, 0) is 92.4 Å². The van der Waals surface area contributed by atoms with Gasteiger partial charge in [0.15, 0.2) is 0 Å². The first-order valence-electron chi connectivity index (χ1n) is 13.7. The van der Waals surface area contributed by atoms with E-state index in [0.717, 1.165) is 70.4 Å². The summed E-state index contributed by atoms with van der Waals surface area (Å²) in [5, 5.41) is 13.6. The zero-order valence-electron chi connectivity index (χ0n) is 20.9. The summed E-state index contributed by atoms with van der Waals surface area (Å²) in [6.07, 6.45) is 12.1. The lowest BCUT2D eigenvalue weighted by molar-refractivity contribution is -0.139. The molecule has 1 saturated heterocycles. The van der Waals surface area contributed by atoms with Crippen molar-refractivity contribution >= 4 is 5.91 Å². The minimum atomic E-state index is 0.0120. The number of nitrogens with one attached hydrogen (secondary N) is 1. The van der Waals surface area contributed by atoms with Crippen molar-refractivity contribution in [2.45, 2.75) is 82.7 Å². The molecule has 5 rings (SSSR count). The number of piperidine rings is 1. The molecule has 2 heterocycles. The molecule has 0 bridgehead atoms. The normalized spacial score (nSPS) is 23.0. The maximum Gasteiger partial charge on any atom is 0.226 e. The Hall–Kier alpha value is -2.53. The fourth-order valence-electron chi connectivity index (χ4n) is 6.20. The molecule has 2 atom stereocenters. The number of aromatic hydroxyl groups is 1. The van der Waals surface area contributed by atoms with Crippen LogP contribution < -0.4 is 10.1 Å². The second-order valence-corrected chi connectivity index (χ2v) is 10.6. The van der Waals surface area contributed by atoms with E-state index in [0.29, 0.717) is 17.7 Å². The number of hydrogen-bond acceptors (Lipinski definition) is 4. The third-order valence-electron chi connectivity index (χ3n) is 8.22. The van der Waals surface area contributed by atoms with E-state index in [2.05, 4.69) is 34.5 Å². The molecule has 1 saturated carbocycles. The number of carbonyl (C=O) groups is 1. The van der Waals surface area contributed by atoms with Gasteiger partial charge in [0.05, 0.1) is 12.6 Å². The van der Waals surface area contributed by atoms with E-state index in [-0.39, 0.29) is 12.0 Å². The van der Waals surface area contributed by atoms with Gasteiger partial charge in [-0.3, -0.25) is 4.79 Å². The molecular weight excluding hydrogens is 436 g/mol. The Kier molecular flexibility index (Phi) is 7.92. The molecule has 5 heteroatoms. The van der Waals surface area contributed by atoms with E-state index in [4.69, 9.17) is 4.74 Å². The van der Waals surface area contributed by atoms with Gasteiger partial charge in [0, 0.05) is 18.5 Å². The lowest BCUT2D eigenvalue weighted by Crippen LogP contribution is -2.44. The highest BCUT2D eigenvalue weighted by molar-refractivity contribution is 5.80. The van der Waals surface area contributed by atoms with Gasteiger partial charge in [-0.2, -0.15) is 0 Å². The Morgan fingerprint density at radius 2 is 1.80 bits per heavy atom. The van der Waals surface area contributed by atoms with Gasteiger partial charge in [0.1, 0.15) is 11.5 Å². The molecule has 2 aliphatic heterocycles. The fraction of sp³-hybridized carbons (Fsp3) is 0.567. The number of benzene rings is 2. The summed E-state index contributed by atoms with van der Waals surface area (Å²) in [6.45, 7) is 2.59. The van der Waals surface area contributed by atoms with Gasteiger partial charge >= 0.3 is 0 Å². The molecule has 2 unspecified atom stereocenters. The van der Waals surface area contributed by atoms with Crippen molar-refractivity contribution in [3.63, 3.8) is 0 Å². The van der Waals surface area contributed by atoms with Crippen LogP contribution in [0.15, 0.2) is 42.5 Å². The lowest BCUT2D eigenvalue weighted by Gasteiger charge is -2.40. The molecule has 0 spiro atoms. The van der Waals surface area contributed by atoms with Crippen LogP contribution in [0.3, 0.4) is 0 Å². The van der Waals surface area contributed by atoms with Crippen LogP contribution in [0.2, 0.25) is 0 Å². The third kappa shape index (κ3) is 6.00. The molecule has 2 aromatic carbocycles. The number of rotatable bonds is 7. The fourth-order valence-corrected chi connectivity index (χ4v) is 6.20. The highest BCUT2D eigenvalue weighted by Crippen LogP contribution is 2.37. The standard InChI is InChI=1S/C30H40N2O3/c33-26-11-14-28-24(21-26)15-18-32(30(34)23-6-2-1-3-7-23)29(28)20-22-9-12-27(13-10-22)35-19-16-25-8-4-5-17-31-25/h9-14,21,23,25,29,31,33H,1-8,15-20H2. The monoisotopic (exact) mass is 476 g/mol. The molecule has 0 aromatic heterocycles. The van der Waals surface area contributed by atoms with Crippen molar-refractivity contribution in [1.82, 2.24) is 10.2 Å². The van der Waals surface area contributed by atoms with Crippen LogP contribution in [0.1, 0.15) is 80.5 Å². The minimum Gasteiger partial charge on any atom is -0.508 e. The summed E-state index contributed by atoms with van der Waals surface area (Å²) in [7, 11) is 0. The summed E-state index contributed by atoms with van der Waals surface area (Å²) in [5.41, 5.74) is 3.55. The van der Waals surface area contributed by atoms with Gasteiger partial charge < -0.3 is 20.1 Å². The average molecular weight is 477 g/mol. The van der Waals surface area contributed by atoms with Crippen LogP contribution in [0.4, 0.5) is 0 Å².